The van der Waals surface area contributed by atoms with E-state index in [1.165, 1.54) is 12.1 Å². The lowest BCUT2D eigenvalue weighted by atomic mass is 9.98. The third-order valence-electron chi connectivity index (χ3n) is 7.21. The predicted molar refractivity (Wildman–Crippen MR) is 156 cm³/mol. The highest BCUT2D eigenvalue weighted by atomic mass is 35.5. The Balaban J connectivity index is 1.81. The Bertz CT molecular complexity index is 1210. The summed E-state index contributed by atoms with van der Waals surface area (Å²) in [6.45, 7) is 6.43. The molecule has 0 spiro atoms. The lowest BCUT2D eigenvalue weighted by Gasteiger charge is -2.45. The summed E-state index contributed by atoms with van der Waals surface area (Å²) in [5, 5.41) is 6.44. The molecule has 1 aliphatic rings. The molecule has 1 fully saturated rings. The Labute approximate surface area is 245 Å². The Morgan fingerprint density at radius 2 is 1.70 bits per heavy atom. The fourth-order valence-electron chi connectivity index (χ4n) is 4.85. The molecule has 1 heterocycles. The van der Waals surface area contributed by atoms with Gasteiger partial charge in [0, 0.05) is 39.1 Å². The van der Waals surface area contributed by atoms with Crippen LogP contribution in [0.4, 0.5) is 4.39 Å². The molecule has 3 amide bonds. The minimum atomic E-state index is -1.19. The third kappa shape index (κ3) is 8.16. The zero-order valence-electron chi connectivity index (χ0n) is 23.3. The van der Waals surface area contributed by atoms with Gasteiger partial charge in [-0.3, -0.25) is 19.3 Å². The number of likely N-dealkylation sites (N-methyl/N-ethyl adjacent to an activating group) is 1. The van der Waals surface area contributed by atoms with Gasteiger partial charge < -0.3 is 21.3 Å². The molecule has 3 rings (SSSR count). The van der Waals surface area contributed by atoms with Crippen LogP contribution < -0.4 is 16.4 Å². The molecule has 1 aliphatic heterocycles. The van der Waals surface area contributed by atoms with Crippen molar-refractivity contribution in [2.75, 3.05) is 26.7 Å². The van der Waals surface area contributed by atoms with E-state index < -0.39 is 23.5 Å². The molecule has 4 N–H and O–H groups in total. The number of piperazine rings is 1. The van der Waals surface area contributed by atoms with Crippen LogP contribution in [0.1, 0.15) is 38.3 Å². The van der Waals surface area contributed by atoms with E-state index in [1.54, 1.807) is 50.1 Å². The summed E-state index contributed by atoms with van der Waals surface area (Å²) >= 11 is 12.3. The van der Waals surface area contributed by atoms with Crippen LogP contribution in [0, 0.1) is 5.82 Å². The number of halogens is 3. The first-order valence-corrected chi connectivity index (χ1v) is 14.1. The number of rotatable bonds is 10. The molecule has 3 atom stereocenters. The van der Waals surface area contributed by atoms with Crippen molar-refractivity contribution < 1.29 is 18.8 Å². The van der Waals surface area contributed by atoms with Gasteiger partial charge >= 0.3 is 0 Å². The highest BCUT2D eigenvalue weighted by Gasteiger charge is 2.38. The van der Waals surface area contributed by atoms with E-state index in [9.17, 15) is 18.8 Å². The lowest BCUT2D eigenvalue weighted by molar-refractivity contribution is -0.142. The van der Waals surface area contributed by atoms with Gasteiger partial charge in [0.1, 0.15) is 11.9 Å². The van der Waals surface area contributed by atoms with Crippen LogP contribution in [-0.4, -0.2) is 77.9 Å². The third-order valence-corrected chi connectivity index (χ3v) is 7.95. The van der Waals surface area contributed by atoms with Crippen molar-refractivity contribution >= 4 is 40.9 Å². The molecular weight excluding hydrogens is 556 g/mol. The van der Waals surface area contributed by atoms with Gasteiger partial charge in [-0.25, -0.2) is 4.39 Å². The van der Waals surface area contributed by atoms with Crippen LogP contribution in [-0.2, 0) is 27.2 Å². The highest BCUT2D eigenvalue weighted by molar-refractivity contribution is 6.42. The topological polar surface area (TPSA) is 108 Å². The number of nitrogens with two attached hydrogens (primary N) is 1. The molecule has 218 valence electrons. The van der Waals surface area contributed by atoms with Crippen LogP contribution >= 0.6 is 23.2 Å². The second-order valence-corrected chi connectivity index (χ2v) is 11.6. The quantitative estimate of drug-likeness (QED) is 0.392. The second-order valence-electron chi connectivity index (χ2n) is 10.7. The number of nitrogens with one attached hydrogen (secondary N) is 2. The van der Waals surface area contributed by atoms with Gasteiger partial charge in [-0.15, -0.1) is 0 Å². The molecule has 0 saturated carbocycles. The Morgan fingerprint density at radius 1 is 1.05 bits per heavy atom. The van der Waals surface area contributed by atoms with E-state index in [0.29, 0.717) is 48.1 Å². The van der Waals surface area contributed by atoms with Crippen molar-refractivity contribution in [1.29, 1.82) is 0 Å². The predicted octanol–water partition coefficient (Wildman–Crippen LogP) is 3.18. The van der Waals surface area contributed by atoms with Crippen LogP contribution in [0.5, 0.6) is 0 Å². The van der Waals surface area contributed by atoms with Gasteiger partial charge in [0.15, 0.2) is 0 Å². The number of carbonyl (C=O) groups is 3. The van der Waals surface area contributed by atoms with Crippen LogP contribution in [0.15, 0.2) is 42.5 Å². The van der Waals surface area contributed by atoms with Crippen LogP contribution in [0.3, 0.4) is 0 Å². The first kappa shape index (κ1) is 31.8. The highest BCUT2D eigenvalue weighted by Crippen LogP contribution is 2.25. The standard InChI is InChI=1S/C29H38Cl2FN5O3/c1-5-21-17-36(25(26(38)34-4)16-19-8-11-22(30)23(31)14-19)12-13-37(21)27(39)24(35-28(40)29(2,3)33)15-18-6-9-20(32)10-7-18/h6-11,14,21,24-25H,5,12-13,15-17,33H2,1-4H3,(H,34,38)(H,35,40). The Kier molecular flexibility index (Phi) is 10.9. The number of hydrogen-bond acceptors (Lipinski definition) is 5. The van der Waals surface area contributed by atoms with Crippen molar-refractivity contribution in [3.63, 3.8) is 0 Å². The Morgan fingerprint density at radius 3 is 2.27 bits per heavy atom. The fourth-order valence-corrected chi connectivity index (χ4v) is 5.17. The first-order valence-electron chi connectivity index (χ1n) is 13.4. The smallest absolute Gasteiger partial charge is 0.245 e. The van der Waals surface area contributed by atoms with Gasteiger partial charge in [0.25, 0.3) is 0 Å². The van der Waals surface area contributed by atoms with Crippen LogP contribution in [0.25, 0.3) is 0 Å². The van der Waals surface area contributed by atoms with E-state index in [1.807, 2.05) is 13.0 Å². The van der Waals surface area contributed by atoms with E-state index in [0.717, 1.165) is 5.56 Å². The molecule has 2 aromatic carbocycles. The average Bonchev–Trinajstić information content (AvgIpc) is 2.92. The summed E-state index contributed by atoms with van der Waals surface area (Å²) in [6.07, 6.45) is 1.26. The monoisotopic (exact) mass is 593 g/mol. The van der Waals surface area contributed by atoms with Crippen LogP contribution in [0.2, 0.25) is 10.0 Å². The fraction of sp³-hybridized carbons (Fsp3) is 0.483. The summed E-state index contributed by atoms with van der Waals surface area (Å²) in [5.41, 5.74) is 6.40. The summed E-state index contributed by atoms with van der Waals surface area (Å²) in [5.74, 6) is -1.21. The van der Waals surface area contributed by atoms with E-state index >= 15 is 0 Å². The minimum Gasteiger partial charge on any atom is -0.358 e. The largest absolute Gasteiger partial charge is 0.358 e. The number of amides is 3. The summed E-state index contributed by atoms with van der Waals surface area (Å²) in [7, 11) is 1.60. The lowest BCUT2D eigenvalue weighted by Crippen LogP contribution is -2.64. The number of carbonyl (C=O) groups excluding carboxylic acids is 3. The second kappa shape index (κ2) is 13.8. The number of benzene rings is 2. The van der Waals surface area contributed by atoms with Crippen molar-refractivity contribution in [2.45, 2.75) is 63.7 Å². The molecule has 2 aromatic rings. The maximum atomic E-state index is 13.9. The average molecular weight is 595 g/mol. The van der Waals surface area contributed by atoms with Gasteiger partial charge in [0.05, 0.1) is 21.6 Å². The van der Waals surface area contributed by atoms with Crippen molar-refractivity contribution in [1.82, 2.24) is 20.4 Å². The first-order chi connectivity index (χ1) is 18.8. The summed E-state index contributed by atoms with van der Waals surface area (Å²) < 4.78 is 13.5. The van der Waals surface area contributed by atoms with E-state index in [-0.39, 0.29) is 30.1 Å². The number of hydrogen-bond donors (Lipinski definition) is 3. The van der Waals surface area contributed by atoms with Crippen molar-refractivity contribution in [3.8, 4) is 0 Å². The summed E-state index contributed by atoms with van der Waals surface area (Å²) in [4.78, 5) is 43.5. The van der Waals surface area contributed by atoms with E-state index in [2.05, 4.69) is 15.5 Å². The minimum absolute atomic E-state index is 0.132. The molecule has 3 unspecified atom stereocenters. The van der Waals surface area contributed by atoms with Crippen molar-refractivity contribution in [3.05, 3.63) is 69.5 Å². The maximum absolute atomic E-state index is 13.9. The molecule has 1 saturated heterocycles. The molecule has 40 heavy (non-hydrogen) atoms. The molecule has 8 nitrogen and oxygen atoms in total. The van der Waals surface area contributed by atoms with Gasteiger partial charge in [-0.05, 0) is 62.1 Å². The molecule has 11 heteroatoms. The van der Waals surface area contributed by atoms with Gasteiger partial charge in [-0.1, -0.05) is 48.3 Å². The summed E-state index contributed by atoms with van der Waals surface area (Å²) in [6, 6.07) is 9.63. The molecule has 0 bridgehead atoms. The van der Waals surface area contributed by atoms with E-state index in [4.69, 9.17) is 28.9 Å². The zero-order chi connectivity index (χ0) is 29.6. The molecular formula is C29H38Cl2FN5O3. The molecule has 0 aliphatic carbocycles. The normalized spacial score (nSPS) is 17.7. The Hall–Kier alpha value is -2.72. The van der Waals surface area contributed by atoms with Gasteiger partial charge in [-0.2, -0.15) is 0 Å². The molecule has 0 aromatic heterocycles. The SMILES string of the molecule is CCC1CN(C(Cc2ccc(Cl)c(Cl)c2)C(=O)NC)CCN1C(=O)C(Cc1ccc(F)cc1)NC(=O)C(C)(C)N. The maximum Gasteiger partial charge on any atom is 0.245 e. The van der Waals surface area contributed by atoms with Gasteiger partial charge in [0.2, 0.25) is 17.7 Å². The van der Waals surface area contributed by atoms with Crippen molar-refractivity contribution in [2.24, 2.45) is 5.73 Å². The zero-order valence-corrected chi connectivity index (χ0v) is 24.9. The number of nitrogens with zero attached hydrogens (tertiary/aromatic N) is 2. The molecule has 0 radical (unpaired) electrons.